The Kier molecular flexibility index (Phi) is 4.00. The van der Waals surface area contributed by atoms with Gasteiger partial charge >= 0.3 is 0 Å². The first-order chi connectivity index (χ1) is 10.1. The lowest BCUT2D eigenvalue weighted by Gasteiger charge is -2.27. The Balaban J connectivity index is 2.04. The van der Waals surface area contributed by atoms with Gasteiger partial charge in [0.2, 0.25) is 0 Å². The molecule has 2 aromatic carbocycles. The summed E-state index contributed by atoms with van der Waals surface area (Å²) < 4.78 is 6.07. The normalized spacial score (nSPS) is 17.1. The minimum atomic E-state index is 0.0561. The molecule has 0 radical (unpaired) electrons. The fourth-order valence-electron chi connectivity index (χ4n) is 2.60. The zero-order valence-corrected chi connectivity index (χ0v) is 13.0. The van der Waals surface area contributed by atoms with E-state index in [4.69, 9.17) is 16.3 Å². The summed E-state index contributed by atoms with van der Waals surface area (Å²) in [6.45, 7) is 0.853. The highest BCUT2D eigenvalue weighted by Gasteiger charge is 2.21. The molecule has 108 valence electrons. The van der Waals surface area contributed by atoms with Gasteiger partial charge in [-0.05, 0) is 49.5 Å². The number of halogens is 1. The molecule has 0 aromatic heterocycles. The van der Waals surface area contributed by atoms with Crippen molar-refractivity contribution in [2.75, 3.05) is 20.6 Å². The predicted octanol–water partition coefficient (Wildman–Crippen LogP) is 4.09. The van der Waals surface area contributed by atoms with Gasteiger partial charge in [-0.1, -0.05) is 41.9 Å². The molecular formula is C18H18ClNO. The molecule has 1 heterocycles. The van der Waals surface area contributed by atoms with E-state index in [0.717, 1.165) is 22.9 Å². The molecule has 0 saturated heterocycles. The second kappa shape index (κ2) is 5.92. The molecule has 1 aliphatic heterocycles. The average molecular weight is 300 g/mol. The first-order valence-electron chi connectivity index (χ1n) is 7.02. The van der Waals surface area contributed by atoms with E-state index in [-0.39, 0.29) is 6.10 Å². The molecule has 0 N–H and O–H groups in total. The zero-order valence-electron chi connectivity index (χ0n) is 12.2. The highest BCUT2D eigenvalue weighted by Crippen LogP contribution is 2.36. The van der Waals surface area contributed by atoms with Crippen molar-refractivity contribution in [3.63, 3.8) is 0 Å². The van der Waals surface area contributed by atoms with Crippen molar-refractivity contribution >= 4 is 17.2 Å². The SMILES string of the molecule is CN(C)CC1C=C(c2ccc(Cl)cc2)c2ccccc2O1. The molecule has 1 unspecified atom stereocenters. The van der Waals surface area contributed by atoms with E-state index in [0.29, 0.717) is 0 Å². The van der Waals surface area contributed by atoms with Crippen LogP contribution >= 0.6 is 11.6 Å². The largest absolute Gasteiger partial charge is 0.484 e. The Morgan fingerprint density at radius 2 is 1.76 bits per heavy atom. The standard InChI is InChI=1S/C18H18ClNO/c1-20(2)12-15-11-17(13-7-9-14(19)10-8-13)16-5-3-4-6-18(16)21-15/h3-11,15H,12H2,1-2H3. The van der Waals surface area contributed by atoms with Crippen molar-refractivity contribution in [3.05, 3.63) is 70.8 Å². The summed E-state index contributed by atoms with van der Waals surface area (Å²) in [7, 11) is 4.11. The minimum Gasteiger partial charge on any atom is -0.484 e. The lowest BCUT2D eigenvalue weighted by molar-refractivity contribution is 0.197. The molecule has 0 fully saturated rings. The van der Waals surface area contributed by atoms with Crippen LogP contribution in [0.5, 0.6) is 5.75 Å². The van der Waals surface area contributed by atoms with E-state index in [1.54, 1.807) is 0 Å². The van der Waals surface area contributed by atoms with Gasteiger partial charge in [0.15, 0.2) is 0 Å². The van der Waals surface area contributed by atoms with E-state index in [1.165, 1.54) is 11.1 Å². The Bertz CT molecular complexity index is 661. The zero-order chi connectivity index (χ0) is 14.8. The average Bonchev–Trinajstić information content (AvgIpc) is 2.46. The van der Waals surface area contributed by atoms with E-state index < -0.39 is 0 Å². The van der Waals surface area contributed by atoms with Crippen molar-refractivity contribution in [2.45, 2.75) is 6.10 Å². The van der Waals surface area contributed by atoms with Gasteiger partial charge in [-0.25, -0.2) is 0 Å². The highest BCUT2D eigenvalue weighted by molar-refractivity contribution is 6.30. The number of nitrogens with zero attached hydrogens (tertiary/aromatic N) is 1. The molecule has 1 atom stereocenters. The first-order valence-corrected chi connectivity index (χ1v) is 7.40. The van der Waals surface area contributed by atoms with Crippen LogP contribution in [0.4, 0.5) is 0 Å². The third kappa shape index (κ3) is 3.12. The van der Waals surface area contributed by atoms with Crippen LogP contribution in [-0.4, -0.2) is 31.6 Å². The van der Waals surface area contributed by atoms with Crippen molar-refractivity contribution in [1.82, 2.24) is 4.90 Å². The number of ether oxygens (including phenoxy) is 1. The van der Waals surface area contributed by atoms with Gasteiger partial charge < -0.3 is 9.64 Å². The summed E-state index contributed by atoms with van der Waals surface area (Å²) in [4.78, 5) is 2.13. The molecule has 0 saturated carbocycles. The van der Waals surface area contributed by atoms with E-state index in [1.807, 2.05) is 30.3 Å². The van der Waals surface area contributed by atoms with Crippen LogP contribution in [0, 0.1) is 0 Å². The van der Waals surface area contributed by atoms with Crippen LogP contribution in [-0.2, 0) is 0 Å². The first kappa shape index (κ1) is 14.2. The van der Waals surface area contributed by atoms with E-state index in [9.17, 15) is 0 Å². The minimum absolute atomic E-state index is 0.0561. The third-order valence-corrected chi connectivity index (χ3v) is 3.76. The number of hydrogen-bond acceptors (Lipinski definition) is 2. The Labute approximate surface area is 130 Å². The van der Waals surface area contributed by atoms with Crippen LogP contribution in [0.1, 0.15) is 11.1 Å². The molecule has 0 bridgehead atoms. The smallest absolute Gasteiger partial charge is 0.130 e. The summed E-state index contributed by atoms with van der Waals surface area (Å²) in [6, 6.07) is 16.1. The summed E-state index contributed by atoms with van der Waals surface area (Å²) in [5, 5.41) is 0.754. The fourth-order valence-corrected chi connectivity index (χ4v) is 2.72. The number of hydrogen-bond donors (Lipinski definition) is 0. The van der Waals surface area contributed by atoms with E-state index >= 15 is 0 Å². The third-order valence-electron chi connectivity index (χ3n) is 3.51. The molecule has 2 aromatic rings. The lowest BCUT2D eigenvalue weighted by Crippen LogP contribution is -2.31. The van der Waals surface area contributed by atoms with Gasteiger partial charge in [0.1, 0.15) is 11.9 Å². The van der Waals surface area contributed by atoms with Crippen LogP contribution in [0.25, 0.3) is 5.57 Å². The Morgan fingerprint density at radius 3 is 2.48 bits per heavy atom. The van der Waals surface area contributed by atoms with Gasteiger partial charge in [0.05, 0.1) is 0 Å². The summed E-state index contributed by atoms with van der Waals surface area (Å²) in [6.07, 6.45) is 2.26. The summed E-state index contributed by atoms with van der Waals surface area (Å²) in [5.74, 6) is 0.941. The molecule has 0 amide bonds. The predicted molar refractivity (Wildman–Crippen MR) is 87.9 cm³/mol. The number of benzene rings is 2. The van der Waals surface area contributed by atoms with Crippen molar-refractivity contribution in [3.8, 4) is 5.75 Å². The number of likely N-dealkylation sites (N-methyl/N-ethyl adjacent to an activating group) is 1. The maximum Gasteiger partial charge on any atom is 0.130 e. The molecule has 0 aliphatic carbocycles. The van der Waals surface area contributed by atoms with Crippen LogP contribution in [0.15, 0.2) is 54.6 Å². The quantitative estimate of drug-likeness (QED) is 0.846. The van der Waals surface area contributed by atoms with Crippen molar-refractivity contribution in [1.29, 1.82) is 0 Å². The topological polar surface area (TPSA) is 12.5 Å². The second-order valence-corrected chi connectivity index (χ2v) is 5.94. The van der Waals surface area contributed by atoms with E-state index in [2.05, 4.69) is 43.3 Å². The molecular weight excluding hydrogens is 282 g/mol. The maximum absolute atomic E-state index is 6.07. The van der Waals surface area contributed by atoms with Gasteiger partial charge in [0.25, 0.3) is 0 Å². The molecule has 21 heavy (non-hydrogen) atoms. The fraction of sp³-hybridized carbons (Fsp3) is 0.222. The maximum atomic E-state index is 6.07. The number of rotatable bonds is 3. The monoisotopic (exact) mass is 299 g/mol. The van der Waals surface area contributed by atoms with Crippen LogP contribution in [0.2, 0.25) is 5.02 Å². The number of para-hydroxylation sites is 1. The summed E-state index contributed by atoms with van der Waals surface area (Å²) in [5.41, 5.74) is 3.51. The van der Waals surface area contributed by atoms with Crippen molar-refractivity contribution in [2.24, 2.45) is 0 Å². The van der Waals surface area contributed by atoms with Gasteiger partial charge in [-0.15, -0.1) is 0 Å². The number of fused-ring (bicyclic) bond motifs is 1. The Hall–Kier alpha value is -1.77. The van der Waals surface area contributed by atoms with Crippen LogP contribution < -0.4 is 4.74 Å². The molecule has 3 heteroatoms. The van der Waals surface area contributed by atoms with Gasteiger partial charge in [-0.2, -0.15) is 0 Å². The van der Waals surface area contributed by atoms with Crippen LogP contribution in [0.3, 0.4) is 0 Å². The summed E-state index contributed by atoms with van der Waals surface area (Å²) >= 11 is 6.00. The highest BCUT2D eigenvalue weighted by atomic mass is 35.5. The molecule has 3 rings (SSSR count). The second-order valence-electron chi connectivity index (χ2n) is 5.50. The van der Waals surface area contributed by atoms with Gasteiger partial charge in [-0.3, -0.25) is 0 Å². The molecule has 1 aliphatic rings. The lowest BCUT2D eigenvalue weighted by atomic mass is 9.93. The Morgan fingerprint density at radius 1 is 1.05 bits per heavy atom. The molecule has 0 spiro atoms. The van der Waals surface area contributed by atoms with Gasteiger partial charge in [0, 0.05) is 17.1 Å². The van der Waals surface area contributed by atoms with Crippen molar-refractivity contribution < 1.29 is 4.74 Å². The molecule has 2 nitrogen and oxygen atoms in total.